The molecule has 3 heteroatoms. The van der Waals surface area contributed by atoms with E-state index in [9.17, 15) is 4.79 Å². The van der Waals surface area contributed by atoms with E-state index in [1.807, 2.05) is 6.92 Å². The number of likely N-dealkylation sites (tertiary alicyclic amines) is 1. The zero-order chi connectivity index (χ0) is 11.3. The van der Waals surface area contributed by atoms with Crippen molar-refractivity contribution in [1.82, 2.24) is 4.90 Å². The number of carbonyl (C=O) groups excluding carboxylic acids is 1. The van der Waals surface area contributed by atoms with Gasteiger partial charge < -0.3 is 4.74 Å². The van der Waals surface area contributed by atoms with Gasteiger partial charge in [0.2, 0.25) is 0 Å². The first-order valence-corrected chi connectivity index (χ1v) is 6.04. The van der Waals surface area contributed by atoms with Gasteiger partial charge in [-0.3, -0.25) is 9.69 Å². The molecule has 3 nitrogen and oxygen atoms in total. The maximum absolute atomic E-state index is 11.5. The summed E-state index contributed by atoms with van der Waals surface area (Å²) in [7, 11) is 0. The molecule has 15 heavy (non-hydrogen) atoms. The number of esters is 1. The van der Waals surface area contributed by atoms with Crippen LogP contribution in [0.15, 0.2) is 0 Å². The van der Waals surface area contributed by atoms with Crippen LogP contribution in [0.3, 0.4) is 0 Å². The number of ether oxygens (including phenoxy) is 1. The Morgan fingerprint density at radius 2 is 1.93 bits per heavy atom. The number of hydrogen-bond acceptors (Lipinski definition) is 3. The van der Waals surface area contributed by atoms with E-state index in [1.165, 1.54) is 12.8 Å². The van der Waals surface area contributed by atoms with Crippen LogP contribution < -0.4 is 0 Å². The van der Waals surface area contributed by atoms with Crippen LogP contribution in [0.5, 0.6) is 0 Å². The summed E-state index contributed by atoms with van der Waals surface area (Å²) in [5.41, 5.74) is 0. The van der Waals surface area contributed by atoms with Gasteiger partial charge in [0.25, 0.3) is 0 Å². The first kappa shape index (κ1) is 12.5. The molecule has 0 aromatic heterocycles. The summed E-state index contributed by atoms with van der Waals surface area (Å²) in [6, 6.07) is 0.367. The largest absolute Gasteiger partial charge is 0.466 e. The minimum absolute atomic E-state index is 0.0527. The lowest BCUT2D eigenvalue weighted by Crippen LogP contribution is -2.38. The quantitative estimate of drug-likeness (QED) is 0.655. The van der Waals surface area contributed by atoms with Crippen molar-refractivity contribution >= 4 is 5.97 Å². The summed E-state index contributed by atoms with van der Waals surface area (Å²) in [5, 5.41) is 0. The summed E-state index contributed by atoms with van der Waals surface area (Å²) >= 11 is 0. The Hall–Kier alpha value is -0.570. The Bertz CT molecular complexity index is 198. The van der Waals surface area contributed by atoms with Gasteiger partial charge in [-0.1, -0.05) is 13.8 Å². The van der Waals surface area contributed by atoms with Crippen LogP contribution in [0.2, 0.25) is 0 Å². The van der Waals surface area contributed by atoms with E-state index >= 15 is 0 Å². The average molecular weight is 213 g/mol. The molecule has 1 aliphatic heterocycles. The van der Waals surface area contributed by atoms with Crippen LogP contribution in [0, 0.1) is 5.92 Å². The van der Waals surface area contributed by atoms with E-state index in [2.05, 4.69) is 18.7 Å². The topological polar surface area (TPSA) is 29.5 Å². The number of rotatable bonds is 5. The molecule has 0 bridgehead atoms. The zero-order valence-corrected chi connectivity index (χ0v) is 10.2. The smallest absolute Gasteiger partial charge is 0.307 e. The zero-order valence-electron chi connectivity index (χ0n) is 10.2. The van der Waals surface area contributed by atoms with Crippen molar-refractivity contribution in [1.29, 1.82) is 0 Å². The highest BCUT2D eigenvalue weighted by atomic mass is 16.5. The van der Waals surface area contributed by atoms with Gasteiger partial charge in [-0.15, -0.1) is 0 Å². The minimum atomic E-state index is -0.0527. The Labute approximate surface area is 92.8 Å². The molecule has 0 unspecified atom stereocenters. The predicted octanol–water partition coefficient (Wildman–Crippen LogP) is 2.06. The minimum Gasteiger partial charge on any atom is -0.466 e. The molecule has 0 radical (unpaired) electrons. The first-order chi connectivity index (χ1) is 7.15. The van der Waals surface area contributed by atoms with Crippen molar-refractivity contribution in [3.63, 3.8) is 0 Å². The maximum atomic E-state index is 11.5. The van der Waals surface area contributed by atoms with Gasteiger partial charge in [-0.05, 0) is 38.8 Å². The van der Waals surface area contributed by atoms with Crippen LogP contribution in [0.25, 0.3) is 0 Å². The maximum Gasteiger partial charge on any atom is 0.307 e. The SMILES string of the molecule is CCOC(=O)C[C@@H](C(C)C)N1CCCC1. The molecule has 1 saturated heterocycles. The van der Waals surface area contributed by atoms with Crippen molar-refractivity contribution in [2.45, 2.75) is 46.1 Å². The van der Waals surface area contributed by atoms with E-state index in [4.69, 9.17) is 4.74 Å². The van der Waals surface area contributed by atoms with Gasteiger partial charge in [0, 0.05) is 6.04 Å². The molecule has 1 aliphatic rings. The Morgan fingerprint density at radius 1 is 1.33 bits per heavy atom. The highest BCUT2D eigenvalue weighted by Gasteiger charge is 2.26. The Morgan fingerprint density at radius 3 is 2.40 bits per heavy atom. The highest BCUT2D eigenvalue weighted by molar-refractivity contribution is 5.70. The van der Waals surface area contributed by atoms with Crippen molar-refractivity contribution in [2.75, 3.05) is 19.7 Å². The molecule has 0 aliphatic carbocycles. The second kappa shape index (κ2) is 6.11. The van der Waals surface area contributed by atoms with Crippen LogP contribution >= 0.6 is 0 Å². The molecule has 0 spiro atoms. The lowest BCUT2D eigenvalue weighted by atomic mass is 9.99. The third kappa shape index (κ3) is 3.82. The third-order valence-electron chi connectivity index (χ3n) is 3.06. The van der Waals surface area contributed by atoms with Gasteiger partial charge in [-0.25, -0.2) is 0 Å². The molecule has 0 N–H and O–H groups in total. The second-order valence-corrected chi connectivity index (χ2v) is 4.56. The summed E-state index contributed by atoms with van der Waals surface area (Å²) in [4.78, 5) is 13.9. The number of hydrogen-bond donors (Lipinski definition) is 0. The standard InChI is InChI=1S/C12H23NO2/c1-4-15-12(14)9-11(10(2)3)13-7-5-6-8-13/h10-11H,4-9H2,1-3H3/t11-/m0/s1. The van der Waals surface area contributed by atoms with Crippen molar-refractivity contribution in [3.05, 3.63) is 0 Å². The molecular formula is C12H23NO2. The summed E-state index contributed by atoms with van der Waals surface area (Å²) < 4.78 is 5.02. The molecule has 0 aromatic carbocycles. The van der Waals surface area contributed by atoms with Gasteiger partial charge in [0.05, 0.1) is 13.0 Å². The van der Waals surface area contributed by atoms with Crippen molar-refractivity contribution in [3.8, 4) is 0 Å². The molecule has 1 fully saturated rings. The van der Waals surface area contributed by atoms with Gasteiger partial charge >= 0.3 is 5.97 Å². The van der Waals surface area contributed by atoms with Crippen LogP contribution in [-0.4, -0.2) is 36.6 Å². The summed E-state index contributed by atoms with van der Waals surface area (Å²) in [5.74, 6) is 0.468. The number of carbonyl (C=O) groups is 1. The fourth-order valence-corrected chi connectivity index (χ4v) is 2.25. The van der Waals surface area contributed by atoms with E-state index in [0.717, 1.165) is 13.1 Å². The lowest BCUT2D eigenvalue weighted by Gasteiger charge is -2.29. The van der Waals surface area contributed by atoms with Crippen LogP contribution in [-0.2, 0) is 9.53 Å². The fraction of sp³-hybridized carbons (Fsp3) is 0.917. The molecule has 0 amide bonds. The van der Waals surface area contributed by atoms with Crippen LogP contribution in [0.1, 0.15) is 40.0 Å². The van der Waals surface area contributed by atoms with E-state index in [0.29, 0.717) is 25.0 Å². The van der Waals surface area contributed by atoms with Crippen molar-refractivity contribution < 1.29 is 9.53 Å². The third-order valence-corrected chi connectivity index (χ3v) is 3.06. The molecule has 0 aromatic rings. The summed E-state index contributed by atoms with van der Waals surface area (Å²) in [6.45, 7) is 9.00. The molecule has 0 saturated carbocycles. The fourth-order valence-electron chi connectivity index (χ4n) is 2.25. The van der Waals surface area contributed by atoms with Gasteiger partial charge in [-0.2, -0.15) is 0 Å². The number of nitrogens with zero attached hydrogens (tertiary/aromatic N) is 1. The van der Waals surface area contributed by atoms with Crippen LogP contribution in [0.4, 0.5) is 0 Å². The van der Waals surface area contributed by atoms with Gasteiger partial charge in [0.1, 0.15) is 0 Å². The van der Waals surface area contributed by atoms with E-state index < -0.39 is 0 Å². The molecule has 88 valence electrons. The second-order valence-electron chi connectivity index (χ2n) is 4.56. The van der Waals surface area contributed by atoms with E-state index in [1.54, 1.807) is 0 Å². The monoisotopic (exact) mass is 213 g/mol. The Balaban J connectivity index is 2.46. The average Bonchev–Trinajstić information content (AvgIpc) is 2.66. The van der Waals surface area contributed by atoms with E-state index in [-0.39, 0.29) is 5.97 Å². The molecule has 1 rings (SSSR count). The molecular weight excluding hydrogens is 190 g/mol. The Kier molecular flexibility index (Phi) is 5.09. The van der Waals surface area contributed by atoms with Crippen molar-refractivity contribution in [2.24, 2.45) is 5.92 Å². The lowest BCUT2D eigenvalue weighted by molar-refractivity contribution is -0.144. The first-order valence-electron chi connectivity index (χ1n) is 6.04. The molecule has 1 heterocycles. The highest BCUT2D eigenvalue weighted by Crippen LogP contribution is 2.20. The summed E-state index contributed by atoms with van der Waals surface area (Å²) in [6.07, 6.45) is 3.09. The van der Waals surface area contributed by atoms with Gasteiger partial charge in [0.15, 0.2) is 0 Å². The normalized spacial score (nSPS) is 19.5. The molecule has 1 atom stereocenters. The predicted molar refractivity (Wildman–Crippen MR) is 60.7 cm³/mol.